The number of methoxy groups -OCH3 is 1. The van der Waals surface area contributed by atoms with Crippen LogP contribution in [0.1, 0.15) is 5.69 Å². The van der Waals surface area contributed by atoms with Crippen LogP contribution in [0, 0.1) is 5.82 Å². The molecule has 2 aromatic rings. The van der Waals surface area contributed by atoms with Gasteiger partial charge in [0.2, 0.25) is 0 Å². The van der Waals surface area contributed by atoms with Gasteiger partial charge in [-0.1, -0.05) is 0 Å². The number of carbonyl (C=O) groups is 1. The molecule has 0 bridgehead atoms. The Kier molecular flexibility index (Phi) is 5.86. The zero-order chi connectivity index (χ0) is 18.4. The van der Waals surface area contributed by atoms with Crippen molar-refractivity contribution < 1.29 is 27.1 Å². The summed E-state index contributed by atoms with van der Waals surface area (Å²) < 4.78 is 57.6. The molecule has 0 aliphatic heterocycles. The highest BCUT2D eigenvalue weighted by molar-refractivity contribution is 5.90. The molecule has 0 radical (unpaired) electrons. The van der Waals surface area contributed by atoms with E-state index in [0.29, 0.717) is 0 Å². The average Bonchev–Trinajstić information content (AvgIpc) is 2.54. The summed E-state index contributed by atoms with van der Waals surface area (Å²) in [6.45, 7) is 0.341. The fourth-order valence-electron chi connectivity index (χ4n) is 1.92. The van der Waals surface area contributed by atoms with Crippen molar-refractivity contribution in [2.24, 2.45) is 0 Å². The second kappa shape index (κ2) is 7.88. The van der Waals surface area contributed by atoms with Crippen molar-refractivity contribution in [3.05, 3.63) is 42.1 Å². The number of carbonyl (C=O) groups excluding carboxylic acids is 1. The third-order valence-corrected chi connectivity index (χ3v) is 3.00. The largest absolute Gasteiger partial charge is 0.435 e. The second-order valence-corrected chi connectivity index (χ2v) is 4.86. The summed E-state index contributed by atoms with van der Waals surface area (Å²) in [5.74, 6) is -0.701. The normalized spacial score (nSPS) is 11.2. The number of anilines is 1. The summed E-state index contributed by atoms with van der Waals surface area (Å²) >= 11 is 0. The Hall–Kier alpha value is -2.75. The van der Waals surface area contributed by atoms with Crippen LogP contribution in [0.15, 0.2) is 30.6 Å². The van der Waals surface area contributed by atoms with E-state index >= 15 is 0 Å². The fraction of sp³-hybridized carbons (Fsp3) is 0.267. The Balaban J connectivity index is 2.30. The number of amides is 2. The minimum Gasteiger partial charge on any atom is -0.383 e. The zero-order valence-electron chi connectivity index (χ0n) is 13.0. The van der Waals surface area contributed by atoms with E-state index < -0.39 is 29.4 Å². The van der Waals surface area contributed by atoms with Gasteiger partial charge >= 0.3 is 12.2 Å². The zero-order valence-corrected chi connectivity index (χ0v) is 13.0. The molecule has 2 heterocycles. The van der Waals surface area contributed by atoms with Gasteiger partial charge in [-0.3, -0.25) is 4.98 Å². The number of alkyl halides is 3. The molecule has 0 unspecified atom stereocenters. The lowest BCUT2D eigenvalue weighted by Crippen LogP contribution is -2.32. The van der Waals surface area contributed by atoms with Crippen LogP contribution in [-0.4, -0.2) is 36.3 Å². The Labute approximate surface area is 140 Å². The van der Waals surface area contributed by atoms with Crippen molar-refractivity contribution in [3.8, 4) is 11.3 Å². The third-order valence-electron chi connectivity index (χ3n) is 3.00. The van der Waals surface area contributed by atoms with Gasteiger partial charge in [0, 0.05) is 25.4 Å². The number of aromatic nitrogens is 2. The molecule has 0 fully saturated rings. The van der Waals surface area contributed by atoms with Crippen molar-refractivity contribution in [1.29, 1.82) is 0 Å². The Bertz CT molecular complexity index is 753. The third kappa shape index (κ3) is 5.11. The van der Waals surface area contributed by atoms with Gasteiger partial charge in [0.05, 0.1) is 24.2 Å². The van der Waals surface area contributed by atoms with Crippen molar-refractivity contribution in [2.45, 2.75) is 6.18 Å². The lowest BCUT2D eigenvalue weighted by atomic mass is 10.1. The SMILES string of the molecule is COCCNC(=O)Nc1ccc(-c2cncc(F)c2)nc1C(F)(F)F. The molecule has 2 aromatic heterocycles. The fourth-order valence-corrected chi connectivity index (χ4v) is 1.92. The van der Waals surface area contributed by atoms with Crippen molar-refractivity contribution in [3.63, 3.8) is 0 Å². The summed E-state index contributed by atoms with van der Waals surface area (Å²) in [7, 11) is 1.42. The molecular weight excluding hydrogens is 344 g/mol. The summed E-state index contributed by atoms with van der Waals surface area (Å²) in [6, 6.07) is 2.46. The maximum Gasteiger partial charge on any atom is 0.435 e. The second-order valence-electron chi connectivity index (χ2n) is 4.86. The van der Waals surface area contributed by atoms with E-state index in [1.54, 1.807) is 0 Å². The molecular formula is C15H14F4N4O2. The monoisotopic (exact) mass is 358 g/mol. The number of rotatable bonds is 5. The van der Waals surface area contributed by atoms with Gasteiger partial charge in [-0.25, -0.2) is 14.2 Å². The molecule has 25 heavy (non-hydrogen) atoms. The van der Waals surface area contributed by atoms with Gasteiger partial charge in [-0.05, 0) is 18.2 Å². The molecule has 0 aliphatic rings. The van der Waals surface area contributed by atoms with Crippen LogP contribution in [0.5, 0.6) is 0 Å². The van der Waals surface area contributed by atoms with Gasteiger partial charge in [0.25, 0.3) is 0 Å². The number of halogens is 4. The van der Waals surface area contributed by atoms with Crippen LogP contribution in [0.3, 0.4) is 0 Å². The van der Waals surface area contributed by atoms with E-state index in [4.69, 9.17) is 4.74 Å². The molecule has 0 saturated carbocycles. The summed E-state index contributed by atoms with van der Waals surface area (Å²) in [6.07, 6.45) is -2.70. The number of pyridine rings is 2. The molecule has 0 saturated heterocycles. The van der Waals surface area contributed by atoms with Crippen LogP contribution in [0.25, 0.3) is 11.3 Å². The maximum absolute atomic E-state index is 13.2. The van der Waals surface area contributed by atoms with Gasteiger partial charge in [0.15, 0.2) is 5.69 Å². The summed E-state index contributed by atoms with van der Waals surface area (Å²) in [5, 5.41) is 4.42. The number of hydrogen-bond donors (Lipinski definition) is 2. The molecule has 0 aromatic carbocycles. The lowest BCUT2D eigenvalue weighted by molar-refractivity contribution is -0.140. The minimum absolute atomic E-state index is 0.0848. The summed E-state index contributed by atoms with van der Waals surface area (Å²) in [5.41, 5.74) is -1.85. The first kappa shape index (κ1) is 18.6. The number of ether oxygens (including phenoxy) is 1. The van der Waals surface area contributed by atoms with Gasteiger partial charge in [-0.2, -0.15) is 13.2 Å². The van der Waals surface area contributed by atoms with Gasteiger partial charge < -0.3 is 15.4 Å². The first-order valence-corrected chi connectivity index (χ1v) is 7.04. The van der Waals surface area contributed by atoms with E-state index in [9.17, 15) is 22.4 Å². The molecule has 0 atom stereocenters. The van der Waals surface area contributed by atoms with E-state index in [-0.39, 0.29) is 24.4 Å². The van der Waals surface area contributed by atoms with Crippen molar-refractivity contribution in [1.82, 2.24) is 15.3 Å². The van der Waals surface area contributed by atoms with Gasteiger partial charge in [-0.15, -0.1) is 0 Å². The Morgan fingerprint density at radius 1 is 1.28 bits per heavy atom. The summed E-state index contributed by atoms with van der Waals surface area (Å²) in [4.78, 5) is 18.7. The molecule has 0 spiro atoms. The van der Waals surface area contributed by atoms with E-state index in [0.717, 1.165) is 18.3 Å². The van der Waals surface area contributed by atoms with Crippen LogP contribution in [0.4, 0.5) is 28.0 Å². The smallest absolute Gasteiger partial charge is 0.383 e. The van der Waals surface area contributed by atoms with E-state index in [1.165, 1.54) is 19.4 Å². The number of nitrogens with zero attached hydrogens (tertiary/aromatic N) is 2. The number of urea groups is 1. The predicted octanol–water partition coefficient (Wildman–Crippen LogP) is 3.07. The molecule has 6 nitrogen and oxygen atoms in total. The van der Waals surface area contributed by atoms with E-state index in [2.05, 4.69) is 20.6 Å². The number of nitrogens with one attached hydrogen (secondary N) is 2. The first-order valence-electron chi connectivity index (χ1n) is 7.04. The minimum atomic E-state index is -4.81. The molecule has 0 aliphatic carbocycles. The first-order chi connectivity index (χ1) is 11.8. The highest BCUT2D eigenvalue weighted by Crippen LogP contribution is 2.35. The van der Waals surface area contributed by atoms with Gasteiger partial charge in [0.1, 0.15) is 5.82 Å². The molecule has 2 rings (SSSR count). The van der Waals surface area contributed by atoms with Crippen LogP contribution in [0.2, 0.25) is 0 Å². The Morgan fingerprint density at radius 3 is 2.68 bits per heavy atom. The highest BCUT2D eigenvalue weighted by atomic mass is 19.4. The topological polar surface area (TPSA) is 76.1 Å². The van der Waals surface area contributed by atoms with Crippen molar-refractivity contribution in [2.75, 3.05) is 25.6 Å². The van der Waals surface area contributed by atoms with Crippen LogP contribution >= 0.6 is 0 Å². The lowest BCUT2D eigenvalue weighted by Gasteiger charge is -2.14. The quantitative estimate of drug-likeness (QED) is 0.636. The maximum atomic E-state index is 13.2. The van der Waals surface area contributed by atoms with Crippen molar-refractivity contribution >= 4 is 11.7 Å². The number of hydrogen-bond acceptors (Lipinski definition) is 4. The highest BCUT2D eigenvalue weighted by Gasteiger charge is 2.36. The average molecular weight is 358 g/mol. The molecule has 2 amide bonds. The van der Waals surface area contributed by atoms with Crippen LogP contribution in [-0.2, 0) is 10.9 Å². The molecule has 10 heteroatoms. The molecule has 2 N–H and O–H groups in total. The molecule has 134 valence electrons. The predicted molar refractivity (Wildman–Crippen MR) is 81.3 cm³/mol. The Morgan fingerprint density at radius 2 is 2.04 bits per heavy atom. The standard InChI is InChI=1S/C15H14F4N4O2/c1-25-5-4-21-14(24)23-12-3-2-11(22-13(12)15(17,18)19)9-6-10(16)8-20-7-9/h2-3,6-8H,4-5H2,1H3,(H2,21,23,24). The van der Waals surface area contributed by atoms with Crippen LogP contribution < -0.4 is 10.6 Å². The van der Waals surface area contributed by atoms with E-state index in [1.807, 2.05) is 0 Å².